The second-order valence-electron chi connectivity index (χ2n) is 6.05. The van der Waals surface area contributed by atoms with Crippen LogP contribution >= 0.6 is 0 Å². The second-order valence-corrected chi connectivity index (χ2v) is 7.61. The molecular weight excluding hydrogens is 320 g/mol. The van der Waals surface area contributed by atoms with Crippen molar-refractivity contribution in [3.63, 3.8) is 0 Å². The molecule has 0 aliphatic carbocycles. The molecule has 23 heavy (non-hydrogen) atoms. The van der Waals surface area contributed by atoms with Gasteiger partial charge in [-0.25, -0.2) is 18.5 Å². The Balaban J connectivity index is 1.90. The summed E-state index contributed by atoms with van der Waals surface area (Å²) in [5.74, 6) is 0.651. The maximum absolute atomic E-state index is 11.4. The van der Waals surface area contributed by atoms with E-state index in [2.05, 4.69) is 9.97 Å². The number of methoxy groups -OCH3 is 1. The summed E-state index contributed by atoms with van der Waals surface area (Å²) in [6.45, 7) is 1.90. The lowest BCUT2D eigenvalue weighted by Gasteiger charge is -2.25. The number of hydrogen-bond acceptors (Lipinski definition) is 6. The Labute approximate surface area is 134 Å². The van der Waals surface area contributed by atoms with Crippen molar-refractivity contribution >= 4 is 27.0 Å². The molecule has 0 saturated carbocycles. The Morgan fingerprint density at radius 1 is 1.52 bits per heavy atom. The number of hydrogen-bond donors (Lipinski definition) is 3. The van der Waals surface area contributed by atoms with E-state index in [1.807, 2.05) is 4.90 Å². The number of nitrogens with one attached hydrogen (secondary N) is 1. The first kappa shape index (κ1) is 16.2. The summed E-state index contributed by atoms with van der Waals surface area (Å²) in [6.07, 6.45) is 0.802. The van der Waals surface area contributed by atoms with Crippen molar-refractivity contribution in [3.8, 4) is 0 Å². The molecule has 126 valence electrons. The fraction of sp³-hybridized carbons (Fsp3) is 0.500. The molecule has 2 heterocycles. The maximum atomic E-state index is 11.4. The van der Waals surface area contributed by atoms with Crippen LogP contribution in [-0.2, 0) is 14.8 Å². The standard InChI is InChI=1S/C14H20N4O4S/c1-22-9-14(8-19)4-5-18(7-14)13-16-11-3-2-10(23(15,20)21)6-12(11)17-13/h2-3,6,19H,4-5,7-9H2,1H3,(H,16,17)(H2,15,20,21). The van der Waals surface area contributed by atoms with Crippen LogP contribution in [0.5, 0.6) is 0 Å². The fourth-order valence-corrected chi connectivity index (χ4v) is 3.56. The van der Waals surface area contributed by atoms with Crippen LogP contribution in [0.1, 0.15) is 6.42 Å². The van der Waals surface area contributed by atoms with Crippen molar-refractivity contribution in [3.05, 3.63) is 18.2 Å². The Morgan fingerprint density at radius 3 is 2.96 bits per heavy atom. The number of imidazole rings is 1. The van der Waals surface area contributed by atoms with Gasteiger partial charge >= 0.3 is 0 Å². The molecule has 1 fully saturated rings. The Bertz CT molecular complexity index is 819. The van der Waals surface area contributed by atoms with E-state index in [0.717, 1.165) is 13.0 Å². The molecule has 1 aromatic carbocycles. The van der Waals surface area contributed by atoms with Crippen LogP contribution in [0.2, 0.25) is 0 Å². The lowest BCUT2D eigenvalue weighted by Crippen LogP contribution is -2.34. The van der Waals surface area contributed by atoms with Crippen molar-refractivity contribution in [1.29, 1.82) is 0 Å². The number of aromatic amines is 1. The number of ether oxygens (including phenoxy) is 1. The molecule has 0 bridgehead atoms. The van der Waals surface area contributed by atoms with Gasteiger partial charge in [-0.15, -0.1) is 0 Å². The van der Waals surface area contributed by atoms with Gasteiger partial charge in [-0.2, -0.15) is 0 Å². The minimum atomic E-state index is -3.74. The second kappa shape index (κ2) is 5.75. The molecule has 0 amide bonds. The first-order chi connectivity index (χ1) is 10.9. The number of anilines is 1. The monoisotopic (exact) mass is 340 g/mol. The van der Waals surface area contributed by atoms with Crippen LogP contribution in [-0.4, -0.2) is 56.9 Å². The average Bonchev–Trinajstić information content (AvgIpc) is 3.10. The Kier molecular flexibility index (Phi) is 4.05. The number of primary sulfonamides is 1. The van der Waals surface area contributed by atoms with Crippen molar-refractivity contribution in [2.75, 3.05) is 38.3 Å². The van der Waals surface area contributed by atoms with Gasteiger partial charge in [0.05, 0.1) is 29.1 Å². The third-order valence-corrected chi connectivity index (χ3v) is 5.20. The molecular formula is C14H20N4O4S. The molecule has 1 atom stereocenters. The molecule has 3 rings (SSSR count). The Hall–Kier alpha value is -1.68. The zero-order valence-electron chi connectivity index (χ0n) is 12.8. The number of H-pyrrole nitrogens is 1. The summed E-state index contributed by atoms with van der Waals surface area (Å²) in [4.78, 5) is 9.70. The van der Waals surface area contributed by atoms with Crippen LogP contribution in [0.15, 0.2) is 23.1 Å². The van der Waals surface area contributed by atoms with Gasteiger partial charge in [-0.05, 0) is 24.6 Å². The quantitative estimate of drug-likeness (QED) is 0.707. The number of aromatic nitrogens is 2. The van der Waals surface area contributed by atoms with Crippen molar-refractivity contribution in [1.82, 2.24) is 9.97 Å². The molecule has 9 heteroatoms. The smallest absolute Gasteiger partial charge is 0.238 e. The zero-order valence-corrected chi connectivity index (χ0v) is 13.6. The van der Waals surface area contributed by atoms with Gasteiger partial charge in [0.1, 0.15) is 0 Å². The van der Waals surface area contributed by atoms with E-state index in [4.69, 9.17) is 9.88 Å². The molecule has 0 spiro atoms. The lowest BCUT2D eigenvalue weighted by atomic mass is 9.89. The normalized spacial score (nSPS) is 22.1. The van der Waals surface area contributed by atoms with E-state index in [0.29, 0.717) is 30.1 Å². The molecule has 1 unspecified atom stereocenters. The molecule has 1 aliphatic rings. The first-order valence-corrected chi connectivity index (χ1v) is 8.79. The van der Waals surface area contributed by atoms with Gasteiger partial charge in [0.2, 0.25) is 16.0 Å². The van der Waals surface area contributed by atoms with E-state index in [1.54, 1.807) is 13.2 Å². The van der Waals surface area contributed by atoms with E-state index in [-0.39, 0.29) is 16.9 Å². The van der Waals surface area contributed by atoms with Gasteiger partial charge in [0, 0.05) is 25.6 Å². The summed E-state index contributed by atoms with van der Waals surface area (Å²) >= 11 is 0. The Morgan fingerprint density at radius 2 is 2.30 bits per heavy atom. The van der Waals surface area contributed by atoms with Crippen LogP contribution in [0.3, 0.4) is 0 Å². The first-order valence-electron chi connectivity index (χ1n) is 7.24. The number of fused-ring (bicyclic) bond motifs is 1. The average molecular weight is 340 g/mol. The van der Waals surface area contributed by atoms with Crippen LogP contribution in [0.4, 0.5) is 5.95 Å². The molecule has 1 aliphatic heterocycles. The predicted molar refractivity (Wildman–Crippen MR) is 85.7 cm³/mol. The highest BCUT2D eigenvalue weighted by Gasteiger charge is 2.38. The van der Waals surface area contributed by atoms with Crippen molar-refractivity contribution in [2.24, 2.45) is 10.6 Å². The number of nitrogens with two attached hydrogens (primary N) is 1. The number of sulfonamides is 1. The summed E-state index contributed by atoms with van der Waals surface area (Å²) in [5, 5.41) is 14.8. The van der Waals surface area contributed by atoms with Crippen LogP contribution in [0, 0.1) is 5.41 Å². The topological polar surface area (TPSA) is 122 Å². The minimum absolute atomic E-state index is 0.0470. The fourth-order valence-electron chi connectivity index (χ4n) is 3.02. The molecule has 4 N–H and O–H groups in total. The summed E-state index contributed by atoms with van der Waals surface area (Å²) in [7, 11) is -2.12. The van der Waals surface area contributed by atoms with Gasteiger partial charge in [-0.1, -0.05) is 0 Å². The van der Waals surface area contributed by atoms with Crippen molar-refractivity contribution < 1.29 is 18.3 Å². The van der Waals surface area contributed by atoms with Gasteiger partial charge in [0.25, 0.3) is 0 Å². The maximum Gasteiger partial charge on any atom is 0.238 e. The molecule has 1 aromatic heterocycles. The largest absolute Gasteiger partial charge is 0.396 e. The number of aliphatic hydroxyl groups is 1. The lowest BCUT2D eigenvalue weighted by molar-refractivity contribution is 0.0447. The van der Waals surface area contributed by atoms with Gasteiger partial charge < -0.3 is 19.7 Å². The predicted octanol–water partition coefficient (Wildman–Crippen LogP) is 0.0455. The third-order valence-electron chi connectivity index (χ3n) is 4.29. The molecule has 2 aromatic rings. The van der Waals surface area contributed by atoms with Gasteiger partial charge in [-0.3, -0.25) is 0 Å². The van der Waals surface area contributed by atoms with Crippen LogP contribution < -0.4 is 10.0 Å². The van der Waals surface area contributed by atoms with E-state index < -0.39 is 10.0 Å². The number of aliphatic hydroxyl groups excluding tert-OH is 1. The van der Waals surface area contributed by atoms with E-state index >= 15 is 0 Å². The van der Waals surface area contributed by atoms with Gasteiger partial charge in [0.15, 0.2) is 0 Å². The SMILES string of the molecule is COCC1(CO)CCN(c2nc3ccc(S(N)(=O)=O)cc3[nH]2)C1. The summed E-state index contributed by atoms with van der Waals surface area (Å²) in [6, 6.07) is 4.54. The van der Waals surface area contributed by atoms with E-state index in [1.165, 1.54) is 12.1 Å². The summed E-state index contributed by atoms with van der Waals surface area (Å²) in [5.41, 5.74) is 0.986. The number of nitrogens with zero attached hydrogens (tertiary/aromatic N) is 2. The summed E-state index contributed by atoms with van der Waals surface area (Å²) < 4.78 is 28.1. The zero-order chi connectivity index (χ0) is 16.7. The van der Waals surface area contributed by atoms with E-state index in [9.17, 15) is 13.5 Å². The number of benzene rings is 1. The number of rotatable bonds is 5. The molecule has 1 saturated heterocycles. The highest BCUT2D eigenvalue weighted by molar-refractivity contribution is 7.89. The third kappa shape index (κ3) is 3.05. The highest BCUT2D eigenvalue weighted by atomic mass is 32.2. The highest BCUT2D eigenvalue weighted by Crippen LogP contribution is 2.33. The molecule has 8 nitrogen and oxygen atoms in total. The van der Waals surface area contributed by atoms with Crippen molar-refractivity contribution in [2.45, 2.75) is 11.3 Å². The molecule has 0 radical (unpaired) electrons. The minimum Gasteiger partial charge on any atom is -0.396 e. The van der Waals surface area contributed by atoms with Crippen LogP contribution in [0.25, 0.3) is 11.0 Å².